The summed E-state index contributed by atoms with van der Waals surface area (Å²) in [5.74, 6) is -0.843. The van der Waals surface area contributed by atoms with Crippen molar-refractivity contribution < 1.29 is 14.7 Å². The molecule has 0 fully saturated rings. The third kappa shape index (κ3) is 4.08. The molecule has 0 aliphatic carbocycles. The molecule has 0 spiro atoms. The maximum absolute atomic E-state index is 11.3. The van der Waals surface area contributed by atoms with E-state index in [0.717, 1.165) is 0 Å². The highest BCUT2D eigenvalue weighted by molar-refractivity contribution is 5.80. The summed E-state index contributed by atoms with van der Waals surface area (Å²) in [4.78, 5) is 23.2. The van der Waals surface area contributed by atoms with Gasteiger partial charge < -0.3 is 21.1 Å². The normalized spacial score (nSPS) is 11.9. The van der Waals surface area contributed by atoms with Crippen LogP contribution in [-0.2, 0) is 4.79 Å². The van der Waals surface area contributed by atoms with Crippen LogP contribution in [0.5, 0.6) is 0 Å². The van der Waals surface area contributed by atoms with Crippen molar-refractivity contribution in [3.8, 4) is 0 Å². The van der Waals surface area contributed by atoms with Crippen LogP contribution in [0.3, 0.4) is 0 Å². The molecular formula is C8H17N3O3. The van der Waals surface area contributed by atoms with Crippen molar-refractivity contribution in [2.24, 2.45) is 5.73 Å². The van der Waals surface area contributed by atoms with Crippen LogP contribution >= 0.6 is 0 Å². The van der Waals surface area contributed by atoms with Gasteiger partial charge in [0.05, 0.1) is 6.54 Å². The van der Waals surface area contributed by atoms with Crippen LogP contribution in [0.1, 0.15) is 13.8 Å². The summed E-state index contributed by atoms with van der Waals surface area (Å²) >= 11 is 0. The summed E-state index contributed by atoms with van der Waals surface area (Å²) in [7, 11) is 0. The first kappa shape index (κ1) is 12.7. The van der Waals surface area contributed by atoms with Gasteiger partial charge in [0, 0.05) is 13.1 Å². The van der Waals surface area contributed by atoms with Crippen LogP contribution in [0.15, 0.2) is 0 Å². The van der Waals surface area contributed by atoms with Gasteiger partial charge in [0.15, 0.2) is 0 Å². The van der Waals surface area contributed by atoms with Crippen LogP contribution in [0, 0.1) is 0 Å². The monoisotopic (exact) mass is 203 g/mol. The van der Waals surface area contributed by atoms with Gasteiger partial charge in [0.25, 0.3) is 0 Å². The zero-order valence-corrected chi connectivity index (χ0v) is 8.49. The molecule has 0 rings (SSSR count). The summed E-state index contributed by atoms with van der Waals surface area (Å²) in [5.41, 5.74) is 4.81. The lowest BCUT2D eigenvalue weighted by molar-refractivity contribution is -0.125. The molecule has 6 nitrogen and oxygen atoms in total. The second kappa shape index (κ2) is 6.20. The molecule has 14 heavy (non-hydrogen) atoms. The Hall–Kier alpha value is -1.30. The second-order valence-corrected chi connectivity index (χ2v) is 2.78. The smallest absolute Gasteiger partial charge is 0.317 e. The van der Waals surface area contributed by atoms with Crippen molar-refractivity contribution in [3.05, 3.63) is 0 Å². The Kier molecular flexibility index (Phi) is 5.62. The van der Waals surface area contributed by atoms with Gasteiger partial charge in [-0.15, -0.1) is 0 Å². The Bertz CT molecular complexity index is 204. The van der Waals surface area contributed by atoms with E-state index >= 15 is 0 Å². The largest absolute Gasteiger partial charge is 0.381 e. The summed E-state index contributed by atoms with van der Waals surface area (Å²) in [6.07, 6.45) is -1.32. The van der Waals surface area contributed by atoms with Crippen molar-refractivity contribution in [2.45, 2.75) is 20.0 Å². The van der Waals surface area contributed by atoms with Gasteiger partial charge >= 0.3 is 6.03 Å². The van der Waals surface area contributed by atoms with E-state index in [2.05, 4.69) is 5.32 Å². The number of carbonyl (C=O) groups excluding carboxylic acids is 2. The Balaban J connectivity index is 3.89. The van der Waals surface area contributed by atoms with Gasteiger partial charge in [-0.2, -0.15) is 0 Å². The first-order valence-electron chi connectivity index (χ1n) is 4.53. The molecule has 0 saturated heterocycles. The Morgan fingerprint density at radius 3 is 2.29 bits per heavy atom. The topological polar surface area (TPSA) is 95.7 Å². The number of primary amides is 1. The molecule has 6 heteroatoms. The van der Waals surface area contributed by atoms with Crippen molar-refractivity contribution >= 4 is 11.9 Å². The standard InChI is InChI=1S/C8H17N3O3/c1-3-11(4-2)8(14)10-5-6(12)7(9)13/h6,12H,3-5H2,1-2H3,(H2,9,13)(H,10,14). The van der Waals surface area contributed by atoms with Gasteiger partial charge in [0.2, 0.25) is 5.91 Å². The molecule has 3 amide bonds. The summed E-state index contributed by atoms with van der Waals surface area (Å²) in [5, 5.41) is 11.4. The number of aliphatic hydroxyl groups is 1. The average Bonchev–Trinajstić information content (AvgIpc) is 2.15. The van der Waals surface area contributed by atoms with E-state index in [9.17, 15) is 9.59 Å². The van der Waals surface area contributed by atoms with Crippen LogP contribution < -0.4 is 11.1 Å². The second-order valence-electron chi connectivity index (χ2n) is 2.78. The van der Waals surface area contributed by atoms with Gasteiger partial charge in [0.1, 0.15) is 6.10 Å². The summed E-state index contributed by atoms with van der Waals surface area (Å²) < 4.78 is 0. The zero-order valence-electron chi connectivity index (χ0n) is 8.49. The highest BCUT2D eigenvalue weighted by Gasteiger charge is 2.14. The third-order valence-corrected chi connectivity index (χ3v) is 1.83. The molecule has 1 unspecified atom stereocenters. The van der Waals surface area contributed by atoms with E-state index in [1.54, 1.807) is 0 Å². The predicted octanol–water partition coefficient (Wildman–Crippen LogP) is -1.12. The van der Waals surface area contributed by atoms with E-state index < -0.39 is 12.0 Å². The fraction of sp³-hybridized carbons (Fsp3) is 0.750. The van der Waals surface area contributed by atoms with Gasteiger partial charge in [-0.25, -0.2) is 4.79 Å². The molecule has 1 atom stereocenters. The number of amides is 3. The van der Waals surface area contributed by atoms with Gasteiger partial charge in [-0.05, 0) is 13.8 Å². The van der Waals surface area contributed by atoms with E-state index in [4.69, 9.17) is 10.8 Å². The zero-order chi connectivity index (χ0) is 11.1. The number of hydrogen-bond acceptors (Lipinski definition) is 3. The van der Waals surface area contributed by atoms with Crippen molar-refractivity contribution in [1.82, 2.24) is 10.2 Å². The molecular weight excluding hydrogens is 186 g/mol. The summed E-state index contributed by atoms with van der Waals surface area (Å²) in [6.45, 7) is 4.69. The van der Waals surface area contributed by atoms with E-state index in [1.807, 2.05) is 13.8 Å². The lowest BCUT2D eigenvalue weighted by Crippen LogP contribution is -2.45. The quantitative estimate of drug-likeness (QED) is 0.528. The molecule has 0 radical (unpaired) electrons. The van der Waals surface area contributed by atoms with Crippen molar-refractivity contribution in [1.29, 1.82) is 0 Å². The summed E-state index contributed by atoms with van der Waals surface area (Å²) in [6, 6.07) is -0.310. The molecule has 0 aromatic carbocycles. The lowest BCUT2D eigenvalue weighted by atomic mass is 10.3. The molecule has 82 valence electrons. The average molecular weight is 203 g/mol. The first-order chi connectivity index (χ1) is 6.52. The maximum Gasteiger partial charge on any atom is 0.317 e. The molecule has 0 aromatic rings. The third-order valence-electron chi connectivity index (χ3n) is 1.83. The highest BCUT2D eigenvalue weighted by Crippen LogP contribution is 1.88. The van der Waals surface area contributed by atoms with E-state index in [0.29, 0.717) is 13.1 Å². The number of hydrogen-bond donors (Lipinski definition) is 3. The minimum atomic E-state index is -1.32. The molecule has 0 aliphatic rings. The number of nitrogens with zero attached hydrogens (tertiary/aromatic N) is 1. The fourth-order valence-corrected chi connectivity index (χ4v) is 0.907. The molecule has 0 aromatic heterocycles. The maximum atomic E-state index is 11.3. The van der Waals surface area contributed by atoms with E-state index in [-0.39, 0.29) is 12.6 Å². The predicted molar refractivity (Wildman–Crippen MR) is 51.5 cm³/mol. The number of carbonyl (C=O) groups is 2. The highest BCUT2D eigenvalue weighted by atomic mass is 16.3. The van der Waals surface area contributed by atoms with Crippen LogP contribution in [-0.4, -0.2) is 47.7 Å². The molecule has 0 saturated carbocycles. The minimum absolute atomic E-state index is 0.148. The molecule has 4 N–H and O–H groups in total. The van der Waals surface area contributed by atoms with Gasteiger partial charge in [-0.3, -0.25) is 4.79 Å². The molecule has 0 aliphatic heterocycles. The Labute approximate surface area is 83.1 Å². The SMILES string of the molecule is CCN(CC)C(=O)NCC(O)C(N)=O. The number of aliphatic hydroxyl groups excluding tert-OH is 1. The van der Waals surface area contributed by atoms with Crippen LogP contribution in [0.25, 0.3) is 0 Å². The first-order valence-corrected chi connectivity index (χ1v) is 4.53. The number of rotatable bonds is 5. The van der Waals surface area contributed by atoms with E-state index in [1.165, 1.54) is 4.90 Å². The molecule has 0 bridgehead atoms. The number of nitrogens with one attached hydrogen (secondary N) is 1. The van der Waals surface area contributed by atoms with Crippen LogP contribution in [0.4, 0.5) is 4.79 Å². The van der Waals surface area contributed by atoms with Crippen LogP contribution in [0.2, 0.25) is 0 Å². The molecule has 0 heterocycles. The number of urea groups is 1. The van der Waals surface area contributed by atoms with Gasteiger partial charge in [-0.1, -0.05) is 0 Å². The Morgan fingerprint density at radius 1 is 1.43 bits per heavy atom. The fourth-order valence-electron chi connectivity index (χ4n) is 0.907. The lowest BCUT2D eigenvalue weighted by Gasteiger charge is -2.19. The Morgan fingerprint density at radius 2 is 1.93 bits per heavy atom. The number of nitrogens with two attached hydrogens (primary N) is 1. The minimum Gasteiger partial charge on any atom is -0.381 e. The van der Waals surface area contributed by atoms with Crippen molar-refractivity contribution in [3.63, 3.8) is 0 Å². The van der Waals surface area contributed by atoms with Crippen molar-refractivity contribution in [2.75, 3.05) is 19.6 Å².